The summed E-state index contributed by atoms with van der Waals surface area (Å²) in [6.07, 6.45) is 4.56. The normalized spacial score (nSPS) is 11.0. The number of pyridine rings is 1. The van der Waals surface area contributed by atoms with Crippen molar-refractivity contribution in [3.05, 3.63) is 78.5 Å². The fraction of sp³-hybridized carbons (Fsp3) is 0.0833. The summed E-state index contributed by atoms with van der Waals surface area (Å²) >= 11 is 0. The molecule has 2 aromatic carbocycles. The van der Waals surface area contributed by atoms with Crippen molar-refractivity contribution in [2.75, 3.05) is 11.1 Å². The first-order valence-electron chi connectivity index (χ1n) is 10.2. The third-order valence-corrected chi connectivity index (χ3v) is 5.17. The predicted molar refractivity (Wildman–Crippen MR) is 125 cm³/mol. The van der Waals surface area contributed by atoms with E-state index in [1.54, 1.807) is 31.6 Å². The van der Waals surface area contributed by atoms with E-state index in [1.807, 2.05) is 43.3 Å². The van der Waals surface area contributed by atoms with Gasteiger partial charge in [0.1, 0.15) is 5.75 Å². The summed E-state index contributed by atoms with van der Waals surface area (Å²) in [6.45, 7) is 1.96. The van der Waals surface area contributed by atoms with Crippen molar-refractivity contribution in [3.63, 3.8) is 0 Å². The minimum Gasteiger partial charge on any atom is -0.437 e. The maximum absolute atomic E-state index is 14.2. The van der Waals surface area contributed by atoms with Crippen molar-refractivity contribution in [2.24, 2.45) is 7.05 Å². The topological polar surface area (TPSA) is 104 Å². The van der Waals surface area contributed by atoms with Crippen LogP contribution < -0.4 is 15.8 Å². The maximum Gasteiger partial charge on any atom is 0.228 e. The third-order valence-electron chi connectivity index (χ3n) is 5.17. The van der Waals surface area contributed by atoms with E-state index in [9.17, 15) is 4.39 Å². The van der Waals surface area contributed by atoms with Gasteiger partial charge in [-0.3, -0.25) is 4.68 Å². The molecule has 8 nitrogen and oxygen atoms in total. The second-order valence-corrected chi connectivity index (χ2v) is 7.49. The lowest BCUT2D eigenvalue weighted by molar-refractivity contribution is 0.466. The van der Waals surface area contributed by atoms with Crippen LogP contribution in [0.4, 0.5) is 21.8 Å². The van der Waals surface area contributed by atoms with Crippen LogP contribution in [0.3, 0.4) is 0 Å². The zero-order chi connectivity index (χ0) is 22.9. The average Bonchev–Trinajstić information content (AvgIpc) is 3.12. The Hall–Kier alpha value is -4.53. The Balaban J connectivity index is 1.59. The first-order valence-corrected chi connectivity index (χ1v) is 10.2. The molecule has 0 bridgehead atoms. The van der Waals surface area contributed by atoms with Gasteiger partial charge in [-0.15, -0.1) is 0 Å². The molecule has 0 amide bonds. The summed E-state index contributed by atoms with van der Waals surface area (Å²) in [6, 6.07) is 15.0. The van der Waals surface area contributed by atoms with Crippen LogP contribution in [0.1, 0.15) is 5.56 Å². The summed E-state index contributed by atoms with van der Waals surface area (Å²) < 4.78 is 21.9. The number of nitrogens with two attached hydrogens (primary N) is 1. The molecule has 164 valence electrons. The van der Waals surface area contributed by atoms with Crippen molar-refractivity contribution in [2.45, 2.75) is 6.92 Å². The van der Waals surface area contributed by atoms with Crippen molar-refractivity contribution < 1.29 is 9.13 Å². The van der Waals surface area contributed by atoms with Crippen LogP contribution in [-0.4, -0.2) is 24.7 Å². The number of aromatic nitrogens is 5. The van der Waals surface area contributed by atoms with Gasteiger partial charge in [0.2, 0.25) is 11.8 Å². The molecule has 3 heterocycles. The minimum absolute atomic E-state index is 0.154. The van der Waals surface area contributed by atoms with Gasteiger partial charge in [0.15, 0.2) is 11.6 Å². The van der Waals surface area contributed by atoms with Crippen molar-refractivity contribution in [1.82, 2.24) is 24.7 Å². The molecule has 0 radical (unpaired) electrons. The number of aryl methyl sites for hydroxylation is 2. The second-order valence-electron chi connectivity index (χ2n) is 7.49. The molecule has 3 aromatic heterocycles. The number of benzene rings is 2. The van der Waals surface area contributed by atoms with Gasteiger partial charge in [0.05, 0.1) is 17.5 Å². The highest BCUT2D eigenvalue weighted by Gasteiger charge is 2.16. The molecule has 0 aliphatic heterocycles. The second kappa shape index (κ2) is 8.19. The number of nitrogen functional groups attached to an aromatic ring is 1. The molecule has 3 N–H and O–H groups in total. The minimum atomic E-state index is -0.430. The van der Waals surface area contributed by atoms with E-state index in [2.05, 4.69) is 25.4 Å². The van der Waals surface area contributed by atoms with Gasteiger partial charge in [0.25, 0.3) is 0 Å². The van der Waals surface area contributed by atoms with Crippen molar-refractivity contribution >= 4 is 28.2 Å². The Kier molecular flexibility index (Phi) is 5.06. The molecule has 0 aliphatic carbocycles. The molecular weight excluding hydrogens is 421 g/mol. The van der Waals surface area contributed by atoms with Crippen molar-refractivity contribution in [1.29, 1.82) is 0 Å². The van der Waals surface area contributed by atoms with Gasteiger partial charge in [-0.2, -0.15) is 5.10 Å². The standard InChI is InChI=1S/C24H20FN7O/c1-14-8-9-15-16(5-3-7-19(15)29-22-18(25)13-32(2)31-22)21(14)33-23-17(6-4-11-27-23)20-10-12-28-24(26)30-20/h3-13H,1-2H3,(H,29,31)(H2,26,28,30). The van der Waals surface area contributed by atoms with E-state index in [4.69, 9.17) is 10.5 Å². The van der Waals surface area contributed by atoms with E-state index < -0.39 is 5.82 Å². The van der Waals surface area contributed by atoms with Gasteiger partial charge in [-0.25, -0.2) is 19.3 Å². The summed E-state index contributed by atoms with van der Waals surface area (Å²) in [5.41, 5.74) is 8.69. The third kappa shape index (κ3) is 3.91. The number of fused-ring (bicyclic) bond motifs is 1. The highest BCUT2D eigenvalue weighted by atomic mass is 19.1. The van der Waals surface area contributed by atoms with Crippen LogP contribution in [0.25, 0.3) is 22.0 Å². The predicted octanol–water partition coefficient (Wildman–Crippen LogP) is 4.99. The molecule has 33 heavy (non-hydrogen) atoms. The fourth-order valence-corrected chi connectivity index (χ4v) is 3.64. The molecule has 9 heteroatoms. The average molecular weight is 441 g/mol. The van der Waals surface area contributed by atoms with Gasteiger partial charge in [-0.05, 0) is 36.8 Å². The van der Waals surface area contributed by atoms with Crippen LogP contribution in [0.15, 0.2) is 67.1 Å². The van der Waals surface area contributed by atoms with E-state index in [-0.39, 0.29) is 11.8 Å². The Bertz CT molecular complexity index is 1480. The van der Waals surface area contributed by atoms with Crippen molar-refractivity contribution in [3.8, 4) is 22.9 Å². The molecule has 0 atom stereocenters. The van der Waals surface area contributed by atoms with Crippen LogP contribution in [-0.2, 0) is 7.05 Å². The van der Waals surface area contributed by atoms with Crippen LogP contribution in [0.5, 0.6) is 11.6 Å². The zero-order valence-corrected chi connectivity index (χ0v) is 18.0. The van der Waals surface area contributed by atoms with Gasteiger partial charge in [0, 0.05) is 35.9 Å². The number of anilines is 3. The first kappa shape index (κ1) is 20.4. The molecule has 0 saturated heterocycles. The van der Waals surface area contributed by atoms with E-state index in [0.717, 1.165) is 16.3 Å². The Morgan fingerprint density at radius 1 is 1.00 bits per heavy atom. The lowest BCUT2D eigenvalue weighted by Crippen LogP contribution is -1.99. The molecule has 0 aliphatic rings. The highest BCUT2D eigenvalue weighted by molar-refractivity contribution is 5.99. The van der Waals surface area contributed by atoms with Crippen LogP contribution in [0.2, 0.25) is 0 Å². The van der Waals surface area contributed by atoms with E-state index in [0.29, 0.717) is 28.6 Å². The molecule has 0 saturated carbocycles. The Morgan fingerprint density at radius 3 is 2.67 bits per heavy atom. The number of hydrogen-bond donors (Lipinski definition) is 2. The summed E-state index contributed by atoms with van der Waals surface area (Å²) in [7, 11) is 1.67. The van der Waals surface area contributed by atoms with Gasteiger partial charge < -0.3 is 15.8 Å². The summed E-state index contributed by atoms with van der Waals surface area (Å²) in [4.78, 5) is 12.7. The van der Waals surface area contributed by atoms with Gasteiger partial charge in [-0.1, -0.05) is 24.3 Å². The highest BCUT2D eigenvalue weighted by Crippen LogP contribution is 2.39. The molecule has 5 aromatic rings. The number of rotatable bonds is 5. The lowest BCUT2D eigenvalue weighted by Gasteiger charge is -2.16. The largest absolute Gasteiger partial charge is 0.437 e. The lowest BCUT2D eigenvalue weighted by atomic mass is 10.0. The molecule has 0 unspecified atom stereocenters. The van der Waals surface area contributed by atoms with Crippen LogP contribution in [0, 0.1) is 12.7 Å². The summed E-state index contributed by atoms with van der Waals surface area (Å²) in [5.74, 6) is 0.919. The first-order chi connectivity index (χ1) is 16.0. The zero-order valence-electron chi connectivity index (χ0n) is 18.0. The molecule has 5 rings (SSSR count). The maximum atomic E-state index is 14.2. The molecule has 0 fully saturated rings. The van der Waals surface area contributed by atoms with Gasteiger partial charge >= 0.3 is 0 Å². The fourth-order valence-electron chi connectivity index (χ4n) is 3.64. The monoisotopic (exact) mass is 441 g/mol. The summed E-state index contributed by atoms with van der Waals surface area (Å²) in [5, 5.41) is 8.92. The molecular formula is C24H20FN7O. The number of ether oxygens (including phenoxy) is 1. The van der Waals surface area contributed by atoms with E-state index in [1.165, 1.54) is 10.9 Å². The SMILES string of the molecule is Cc1ccc2c(Nc3nn(C)cc3F)cccc2c1Oc1ncccc1-c1ccnc(N)n1. The Labute approximate surface area is 188 Å². The number of halogens is 1. The Morgan fingerprint density at radius 2 is 1.88 bits per heavy atom. The van der Waals surface area contributed by atoms with Crippen LogP contribution >= 0.6 is 0 Å². The number of nitrogens with zero attached hydrogens (tertiary/aromatic N) is 5. The number of hydrogen-bond acceptors (Lipinski definition) is 7. The van der Waals surface area contributed by atoms with E-state index >= 15 is 0 Å². The number of nitrogens with one attached hydrogen (secondary N) is 1. The quantitative estimate of drug-likeness (QED) is 0.396. The smallest absolute Gasteiger partial charge is 0.228 e. The molecule has 0 spiro atoms.